The summed E-state index contributed by atoms with van der Waals surface area (Å²) in [5, 5.41) is 13.5. The van der Waals surface area contributed by atoms with Gasteiger partial charge in [-0.3, -0.25) is 9.78 Å². The molecule has 0 unspecified atom stereocenters. The molecule has 30 heavy (non-hydrogen) atoms. The van der Waals surface area contributed by atoms with Crippen molar-refractivity contribution in [3.63, 3.8) is 0 Å². The fraction of sp³-hybridized carbons (Fsp3) is 0.261. The molecule has 1 aliphatic rings. The van der Waals surface area contributed by atoms with E-state index in [4.69, 9.17) is 0 Å². The molecule has 0 spiro atoms. The van der Waals surface area contributed by atoms with Crippen molar-refractivity contribution in [3.05, 3.63) is 71.9 Å². The van der Waals surface area contributed by atoms with Gasteiger partial charge in [0.1, 0.15) is 0 Å². The lowest BCUT2D eigenvalue weighted by atomic mass is 10.1. The summed E-state index contributed by atoms with van der Waals surface area (Å²) in [6.45, 7) is 1.47. The maximum Gasteiger partial charge on any atom is 0.407 e. The van der Waals surface area contributed by atoms with Crippen LogP contribution in [0.5, 0.6) is 0 Å². The Morgan fingerprint density at radius 1 is 1.17 bits per heavy atom. The second-order valence-electron chi connectivity index (χ2n) is 7.57. The Hall–Kier alpha value is -3.61. The molecule has 1 atom stereocenters. The zero-order valence-electron chi connectivity index (χ0n) is 16.8. The van der Waals surface area contributed by atoms with Crippen LogP contribution in [0.4, 0.5) is 10.5 Å². The van der Waals surface area contributed by atoms with Gasteiger partial charge in [0.05, 0.1) is 11.1 Å². The summed E-state index contributed by atoms with van der Waals surface area (Å²) in [6.07, 6.45) is 1.53. The van der Waals surface area contributed by atoms with Gasteiger partial charge in [-0.05, 0) is 36.2 Å². The van der Waals surface area contributed by atoms with E-state index in [1.165, 1.54) is 4.90 Å². The fourth-order valence-electron chi connectivity index (χ4n) is 3.88. The van der Waals surface area contributed by atoms with Crippen molar-refractivity contribution in [1.82, 2.24) is 14.8 Å². The number of carbonyl (C=O) groups is 2. The molecule has 4 rings (SSSR count). The molecule has 0 saturated carbocycles. The Labute approximate surface area is 174 Å². The molecule has 2 N–H and O–H groups in total. The minimum Gasteiger partial charge on any atom is -0.465 e. The second-order valence-corrected chi connectivity index (χ2v) is 7.57. The zero-order chi connectivity index (χ0) is 21.1. The molecular weight excluding hydrogens is 380 g/mol. The Kier molecular flexibility index (Phi) is 5.52. The van der Waals surface area contributed by atoms with Gasteiger partial charge in [0.25, 0.3) is 5.91 Å². The van der Waals surface area contributed by atoms with Gasteiger partial charge in [-0.15, -0.1) is 0 Å². The lowest BCUT2D eigenvalue weighted by molar-refractivity contribution is 0.0787. The van der Waals surface area contributed by atoms with Crippen LogP contribution in [0.2, 0.25) is 0 Å². The summed E-state index contributed by atoms with van der Waals surface area (Å²) < 4.78 is 0. The molecule has 1 aliphatic heterocycles. The number of aromatic nitrogens is 1. The van der Waals surface area contributed by atoms with E-state index in [0.717, 1.165) is 23.1 Å². The number of pyridine rings is 1. The number of hydrogen-bond donors (Lipinski definition) is 2. The van der Waals surface area contributed by atoms with Gasteiger partial charge >= 0.3 is 6.09 Å². The predicted molar refractivity (Wildman–Crippen MR) is 116 cm³/mol. The largest absolute Gasteiger partial charge is 0.465 e. The summed E-state index contributed by atoms with van der Waals surface area (Å²) in [6, 6.07) is 17.4. The Balaban J connectivity index is 1.58. The van der Waals surface area contributed by atoms with Crippen LogP contribution in [0.25, 0.3) is 10.9 Å². The highest BCUT2D eigenvalue weighted by Crippen LogP contribution is 2.28. The number of anilines is 1. The van der Waals surface area contributed by atoms with Crippen LogP contribution in [0.3, 0.4) is 0 Å². The molecule has 154 valence electrons. The van der Waals surface area contributed by atoms with Crippen molar-refractivity contribution in [3.8, 4) is 0 Å². The molecule has 0 radical (unpaired) electrons. The van der Waals surface area contributed by atoms with Gasteiger partial charge in [0, 0.05) is 50.0 Å². The Morgan fingerprint density at radius 2 is 1.97 bits per heavy atom. The van der Waals surface area contributed by atoms with E-state index < -0.39 is 6.09 Å². The van der Waals surface area contributed by atoms with Crippen molar-refractivity contribution in [2.75, 3.05) is 25.5 Å². The van der Waals surface area contributed by atoms with Gasteiger partial charge < -0.3 is 20.2 Å². The molecule has 0 bridgehead atoms. The van der Waals surface area contributed by atoms with Crippen LogP contribution in [-0.2, 0) is 6.54 Å². The molecule has 1 aromatic heterocycles. The first-order chi connectivity index (χ1) is 14.5. The molecule has 0 aliphatic carbocycles. The first kappa shape index (κ1) is 19.7. The number of nitrogens with one attached hydrogen (secondary N) is 1. The number of benzene rings is 2. The van der Waals surface area contributed by atoms with Crippen molar-refractivity contribution in [2.45, 2.75) is 19.0 Å². The smallest absolute Gasteiger partial charge is 0.407 e. The topological polar surface area (TPSA) is 85.8 Å². The average molecular weight is 404 g/mol. The van der Waals surface area contributed by atoms with Crippen LogP contribution < -0.4 is 5.32 Å². The van der Waals surface area contributed by atoms with E-state index in [1.807, 2.05) is 48.5 Å². The van der Waals surface area contributed by atoms with Crippen LogP contribution in [0, 0.1) is 0 Å². The average Bonchev–Trinajstić information content (AvgIpc) is 3.23. The number of hydrogen-bond acceptors (Lipinski definition) is 4. The number of amides is 2. The molecule has 2 heterocycles. The highest BCUT2D eigenvalue weighted by molar-refractivity contribution is 6.08. The standard InChI is InChI=1S/C23H24N4O3/c1-26(14-16-6-3-2-4-7-16)22(28)19-9-10-20(18-8-5-12-24-21(18)19)25-17-11-13-27(15-17)23(29)30/h2-10,12,17,25H,11,13-15H2,1H3,(H,29,30)/t17-/m0/s1. The summed E-state index contributed by atoms with van der Waals surface area (Å²) in [4.78, 5) is 31.9. The molecular formula is C23H24N4O3. The molecule has 1 fully saturated rings. The minimum atomic E-state index is -0.895. The van der Waals surface area contributed by atoms with Gasteiger partial charge in [0.15, 0.2) is 0 Å². The summed E-state index contributed by atoms with van der Waals surface area (Å²) in [5.41, 5.74) is 3.11. The van der Waals surface area contributed by atoms with Crippen molar-refractivity contribution in [1.29, 1.82) is 0 Å². The lowest BCUT2D eigenvalue weighted by Crippen LogP contribution is -2.30. The summed E-state index contributed by atoms with van der Waals surface area (Å²) in [7, 11) is 1.79. The summed E-state index contributed by atoms with van der Waals surface area (Å²) in [5.74, 6) is -0.0907. The first-order valence-corrected chi connectivity index (χ1v) is 9.94. The SMILES string of the molecule is CN(Cc1ccccc1)C(=O)c1ccc(N[C@H]2CCN(C(=O)O)C2)c2cccnc12. The fourth-order valence-corrected chi connectivity index (χ4v) is 3.88. The second kappa shape index (κ2) is 8.41. The lowest BCUT2D eigenvalue weighted by Gasteiger charge is -2.20. The van der Waals surface area contributed by atoms with E-state index in [1.54, 1.807) is 24.2 Å². The van der Waals surface area contributed by atoms with E-state index in [9.17, 15) is 14.7 Å². The van der Waals surface area contributed by atoms with E-state index >= 15 is 0 Å². The van der Waals surface area contributed by atoms with Gasteiger partial charge in [0.2, 0.25) is 0 Å². The highest BCUT2D eigenvalue weighted by Gasteiger charge is 2.26. The Bertz CT molecular complexity index is 1070. The summed E-state index contributed by atoms with van der Waals surface area (Å²) >= 11 is 0. The van der Waals surface area contributed by atoms with Crippen molar-refractivity contribution < 1.29 is 14.7 Å². The number of rotatable bonds is 5. The maximum atomic E-state index is 13.1. The number of fused-ring (bicyclic) bond motifs is 1. The van der Waals surface area contributed by atoms with Gasteiger partial charge in [-0.25, -0.2) is 4.79 Å². The molecule has 7 nitrogen and oxygen atoms in total. The predicted octanol–water partition coefficient (Wildman–Crippen LogP) is 3.67. The number of carboxylic acid groups (broad SMARTS) is 1. The third-order valence-corrected chi connectivity index (χ3v) is 5.43. The van der Waals surface area contributed by atoms with Gasteiger partial charge in [-0.2, -0.15) is 0 Å². The minimum absolute atomic E-state index is 0.0341. The van der Waals surface area contributed by atoms with Crippen LogP contribution >= 0.6 is 0 Å². The van der Waals surface area contributed by atoms with Crippen LogP contribution in [0.1, 0.15) is 22.3 Å². The number of carbonyl (C=O) groups excluding carboxylic acids is 1. The maximum absolute atomic E-state index is 13.1. The van der Waals surface area contributed by atoms with Crippen molar-refractivity contribution >= 4 is 28.6 Å². The quantitative estimate of drug-likeness (QED) is 0.678. The van der Waals surface area contributed by atoms with E-state index in [0.29, 0.717) is 30.7 Å². The molecule has 2 aromatic carbocycles. The normalized spacial score (nSPS) is 15.9. The molecule has 7 heteroatoms. The molecule has 1 saturated heterocycles. The van der Waals surface area contributed by atoms with Crippen LogP contribution in [0.15, 0.2) is 60.8 Å². The number of likely N-dealkylation sites (tertiary alicyclic amines) is 1. The molecule has 2 amide bonds. The number of nitrogens with zero attached hydrogens (tertiary/aromatic N) is 3. The third kappa shape index (κ3) is 4.05. The Morgan fingerprint density at radius 3 is 2.70 bits per heavy atom. The van der Waals surface area contributed by atoms with Crippen molar-refractivity contribution in [2.24, 2.45) is 0 Å². The highest BCUT2D eigenvalue weighted by atomic mass is 16.4. The monoisotopic (exact) mass is 404 g/mol. The van der Waals surface area contributed by atoms with E-state index in [-0.39, 0.29) is 11.9 Å². The van der Waals surface area contributed by atoms with Crippen LogP contribution in [-0.4, -0.2) is 58.1 Å². The van der Waals surface area contributed by atoms with Gasteiger partial charge in [-0.1, -0.05) is 30.3 Å². The zero-order valence-corrected chi connectivity index (χ0v) is 16.8. The molecule has 3 aromatic rings. The van der Waals surface area contributed by atoms with E-state index in [2.05, 4.69) is 10.3 Å². The first-order valence-electron chi connectivity index (χ1n) is 9.94. The third-order valence-electron chi connectivity index (χ3n) is 5.43.